The van der Waals surface area contributed by atoms with Crippen molar-refractivity contribution in [3.63, 3.8) is 0 Å². The molecule has 0 unspecified atom stereocenters. The maximum Gasteiger partial charge on any atom is 0.427 e. The number of carbonyl (C=O) groups is 1. The molecule has 0 bridgehead atoms. The maximum atomic E-state index is 12.7. The first kappa shape index (κ1) is 18.2. The minimum absolute atomic E-state index is 0.0582. The van der Waals surface area contributed by atoms with Gasteiger partial charge in [0.2, 0.25) is 5.91 Å². The first-order valence-corrected chi connectivity index (χ1v) is 9.28. The Labute approximate surface area is 155 Å². The van der Waals surface area contributed by atoms with Gasteiger partial charge in [-0.05, 0) is 37.1 Å². The molecule has 1 fully saturated rings. The van der Waals surface area contributed by atoms with E-state index in [0.717, 1.165) is 16.4 Å². The van der Waals surface area contributed by atoms with Crippen molar-refractivity contribution in [1.29, 1.82) is 0 Å². The second-order valence-electron chi connectivity index (χ2n) is 5.76. The van der Waals surface area contributed by atoms with Crippen LogP contribution in [-0.4, -0.2) is 24.0 Å². The fourth-order valence-electron chi connectivity index (χ4n) is 2.65. The molecule has 2 aromatic rings. The van der Waals surface area contributed by atoms with E-state index in [0.29, 0.717) is 42.4 Å². The zero-order valence-electron chi connectivity index (χ0n) is 13.0. The second-order valence-corrected chi connectivity index (χ2v) is 7.69. The van der Waals surface area contributed by atoms with Crippen molar-refractivity contribution in [2.75, 3.05) is 23.3 Å². The average molecular weight is 434 g/mol. The number of nitrogens with one attached hydrogen (secondary N) is 1. The highest BCUT2D eigenvalue weighted by molar-refractivity contribution is 9.10. The third-order valence-corrected chi connectivity index (χ3v) is 5.65. The zero-order valence-corrected chi connectivity index (χ0v) is 15.4. The van der Waals surface area contributed by atoms with E-state index in [4.69, 9.17) is 0 Å². The smallest absolute Gasteiger partial charge is 0.348 e. The Balaban J connectivity index is 1.55. The van der Waals surface area contributed by atoms with E-state index in [9.17, 15) is 18.0 Å². The summed E-state index contributed by atoms with van der Waals surface area (Å²) in [6.07, 6.45) is -2.32. The van der Waals surface area contributed by atoms with E-state index in [1.165, 1.54) is 0 Å². The highest BCUT2D eigenvalue weighted by Gasteiger charge is 2.34. The maximum absolute atomic E-state index is 12.7. The Morgan fingerprint density at radius 3 is 2.44 bits per heavy atom. The molecule has 0 aliphatic carbocycles. The molecular formula is C16H15BrF3N3OS. The second kappa shape index (κ2) is 7.33. The summed E-state index contributed by atoms with van der Waals surface area (Å²) < 4.78 is 38.9. The Hall–Kier alpha value is -1.61. The van der Waals surface area contributed by atoms with E-state index in [1.54, 1.807) is 0 Å². The van der Waals surface area contributed by atoms with Gasteiger partial charge in [-0.3, -0.25) is 4.79 Å². The van der Waals surface area contributed by atoms with Crippen LogP contribution >= 0.6 is 27.3 Å². The Bertz CT molecular complexity index is 740. The van der Waals surface area contributed by atoms with Crippen molar-refractivity contribution in [1.82, 2.24) is 4.98 Å². The molecule has 4 nitrogen and oxygen atoms in total. The molecule has 1 N–H and O–H groups in total. The number of alkyl halides is 3. The van der Waals surface area contributed by atoms with Gasteiger partial charge in [-0.1, -0.05) is 27.3 Å². The summed E-state index contributed by atoms with van der Waals surface area (Å²) in [7, 11) is 0. The van der Waals surface area contributed by atoms with Gasteiger partial charge in [-0.25, -0.2) is 4.98 Å². The quantitative estimate of drug-likeness (QED) is 0.757. The first-order chi connectivity index (χ1) is 11.8. The summed E-state index contributed by atoms with van der Waals surface area (Å²) in [5, 5.41) is 3.24. The zero-order chi connectivity index (χ0) is 18.0. The highest BCUT2D eigenvalue weighted by Crippen LogP contribution is 2.37. The normalized spacial score (nSPS) is 16.1. The molecule has 1 aliphatic rings. The van der Waals surface area contributed by atoms with Crippen molar-refractivity contribution >= 4 is 44.0 Å². The van der Waals surface area contributed by atoms with Gasteiger partial charge in [0.05, 0.1) is 6.20 Å². The molecule has 0 saturated carbocycles. The summed E-state index contributed by atoms with van der Waals surface area (Å²) in [6, 6.07) is 7.31. The van der Waals surface area contributed by atoms with Crippen molar-refractivity contribution in [2.45, 2.75) is 19.0 Å². The van der Waals surface area contributed by atoms with Crippen molar-refractivity contribution in [3.8, 4) is 0 Å². The van der Waals surface area contributed by atoms with E-state index in [2.05, 4.69) is 26.2 Å². The molecule has 1 amide bonds. The SMILES string of the molecule is O=C(Nc1ccc(Br)cc1)C1CCN(c2ncc(C(F)(F)F)s2)CC1. The summed E-state index contributed by atoms with van der Waals surface area (Å²) in [4.78, 5) is 17.3. The molecule has 0 spiro atoms. The lowest BCUT2D eigenvalue weighted by molar-refractivity contribution is -0.134. The lowest BCUT2D eigenvalue weighted by Gasteiger charge is -2.31. The number of anilines is 2. The number of thiazole rings is 1. The Kier molecular flexibility index (Phi) is 5.33. The number of piperidine rings is 1. The van der Waals surface area contributed by atoms with E-state index in [1.807, 2.05) is 29.2 Å². The topological polar surface area (TPSA) is 45.2 Å². The number of nitrogens with zero attached hydrogens (tertiary/aromatic N) is 2. The minimum Gasteiger partial charge on any atom is -0.348 e. The largest absolute Gasteiger partial charge is 0.427 e. The van der Waals surface area contributed by atoms with Gasteiger partial charge in [0.1, 0.15) is 4.88 Å². The van der Waals surface area contributed by atoms with Gasteiger partial charge in [-0.2, -0.15) is 13.2 Å². The van der Waals surface area contributed by atoms with Gasteiger partial charge < -0.3 is 10.2 Å². The number of aromatic nitrogens is 1. The lowest BCUT2D eigenvalue weighted by Crippen LogP contribution is -2.38. The minimum atomic E-state index is -4.36. The molecule has 2 heterocycles. The molecule has 9 heteroatoms. The van der Waals surface area contributed by atoms with Gasteiger partial charge in [-0.15, -0.1) is 0 Å². The van der Waals surface area contributed by atoms with E-state index in [-0.39, 0.29) is 11.8 Å². The number of benzene rings is 1. The van der Waals surface area contributed by atoms with Crippen LogP contribution in [0.25, 0.3) is 0 Å². The van der Waals surface area contributed by atoms with Crippen LogP contribution in [-0.2, 0) is 11.0 Å². The third kappa shape index (κ3) is 4.52. The van der Waals surface area contributed by atoms with E-state index >= 15 is 0 Å². The summed E-state index contributed by atoms with van der Waals surface area (Å²) in [5.41, 5.74) is 0.727. The van der Waals surface area contributed by atoms with Crippen LogP contribution in [0.4, 0.5) is 24.0 Å². The van der Waals surface area contributed by atoms with Crippen LogP contribution < -0.4 is 10.2 Å². The van der Waals surface area contributed by atoms with E-state index < -0.39 is 11.1 Å². The summed E-state index contributed by atoms with van der Waals surface area (Å²) in [5.74, 6) is -0.209. The number of amides is 1. The van der Waals surface area contributed by atoms with Crippen LogP contribution in [0.3, 0.4) is 0 Å². The Morgan fingerprint density at radius 2 is 1.88 bits per heavy atom. The molecule has 134 valence electrons. The lowest BCUT2D eigenvalue weighted by atomic mass is 9.96. The Morgan fingerprint density at radius 1 is 1.24 bits per heavy atom. The molecular weight excluding hydrogens is 419 g/mol. The predicted octanol–water partition coefficient (Wildman–Crippen LogP) is 4.78. The van der Waals surface area contributed by atoms with Gasteiger partial charge in [0.15, 0.2) is 5.13 Å². The van der Waals surface area contributed by atoms with Crippen LogP contribution in [0.1, 0.15) is 17.7 Å². The number of carbonyl (C=O) groups excluding carboxylic acids is 1. The van der Waals surface area contributed by atoms with Crippen LogP contribution in [0, 0.1) is 5.92 Å². The van der Waals surface area contributed by atoms with Crippen molar-refractivity contribution in [3.05, 3.63) is 39.8 Å². The van der Waals surface area contributed by atoms with Gasteiger partial charge >= 0.3 is 6.18 Å². The molecule has 1 aromatic carbocycles. The van der Waals surface area contributed by atoms with Crippen molar-refractivity contribution < 1.29 is 18.0 Å². The molecule has 0 radical (unpaired) electrons. The highest BCUT2D eigenvalue weighted by atomic mass is 79.9. The van der Waals surface area contributed by atoms with Gasteiger partial charge in [0.25, 0.3) is 0 Å². The van der Waals surface area contributed by atoms with Crippen LogP contribution in [0.15, 0.2) is 34.9 Å². The number of rotatable bonds is 3. The van der Waals surface area contributed by atoms with Crippen LogP contribution in [0.5, 0.6) is 0 Å². The predicted molar refractivity (Wildman–Crippen MR) is 94.8 cm³/mol. The standard InChI is InChI=1S/C16H15BrF3N3OS/c17-11-1-3-12(4-2-11)22-14(24)10-5-7-23(8-6-10)15-21-9-13(25-15)16(18,19)20/h1-4,9-10H,5-8H2,(H,22,24). The monoisotopic (exact) mass is 433 g/mol. The molecule has 25 heavy (non-hydrogen) atoms. The summed E-state index contributed by atoms with van der Waals surface area (Å²) >= 11 is 3.98. The number of halogens is 4. The first-order valence-electron chi connectivity index (χ1n) is 7.67. The molecule has 0 atom stereocenters. The fraction of sp³-hybridized carbons (Fsp3) is 0.375. The van der Waals surface area contributed by atoms with Crippen LogP contribution in [0.2, 0.25) is 0 Å². The molecule has 1 saturated heterocycles. The summed E-state index contributed by atoms with van der Waals surface area (Å²) in [6.45, 7) is 1.03. The molecule has 3 rings (SSSR count). The molecule has 1 aromatic heterocycles. The molecule has 1 aliphatic heterocycles. The third-order valence-electron chi connectivity index (χ3n) is 4.02. The number of hydrogen-bond acceptors (Lipinski definition) is 4. The average Bonchev–Trinajstić information content (AvgIpc) is 3.07. The fourth-order valence-corrected chi connectivity index (χ4v) is 3.75. The van der Waals surface area contributed by atoms with Gasteiger partial charge in [0, 0.05) is 29.2 Å². The number of hydrogen-bond donors (Lipinski definition) is 1. The van der Waals surface area contributed by atoms with Crippen molar-refractivity contribution in [2.24, 2.45) is 5.92 Å².